The summed E-state index contributed by atoms with van der Waals surface area (Å²) in [5.74, 6) is 0. The lowest BCUT2D eigenvalue weighted by Crippen LogP contribution is -1.99. The van der Waals surface area contributed by atoms with Crippen LogP contribution in [0, 0.1) is 0 Å². The van der Waals surface area contributed by atoms with Crippen molar-refractivity contribution in [2.75, 3.05) is 6.54 Å². The van der Waals surface area contributed by atoms with Crippen LogP contribution >= 0.6 is 15.9 Å². The molecule has 0 radical (unpaired) electrons. The van der Waals surface area contributed by atoms with E-state index in [1.165, 1.54) is 0 Å². The molecule has 4 heteroatoms. The summed E-state index contributed by atoms with van der Waals surface area (Å²) in [5, 5.41) is 3.44. The van der Waals surface area contributed by atoms with Crippen molar-refractivity contribution in [1.29, 1.82) is 0 Å². The molecule has 0 aromatic carbocycles. The predicted octanol–water partition coefficient (Wildman–Crippen LogP) is 2.22. The third-order valence-electron chi connectivity index (χ3n) is 1.21. The average molecular weight is 176 g/mol. The fourth-order valence-corrected chi connectivity index (χ4v) is 0.762. The van der Waals surface area contributed by atoms with E-state index in [1.807, 2.05) is 0 Å². The largest absolute Gasteiger partial charge is 0.0925 e. The molecule has 0 spiro atoms. The normalized spacial score (nSPS) is 21.6. The Morgan fingerprint density at radius 2 is 2.38 bits per heavy atom. The molecule has 0 unspecified atom stereocenters. The second-order valence-electron chi connectivity index (χ2n) is 2.04. The minimum absolute atomic E-state index is 0.194. The van der Waals surface area contributed by atoms with Gasteiger partial charge in [0.2, 0.25) is 0 Å². The first-order chi connectivity index (χ1) is 3.77. The van der Waals surface area contributed by atoms with E-state index < -0.39 is 0 Å². The van der Waals surface area contributed by atoms with Gasteiger partial charge >= 0.3 is 0 Å². The smallest absolute Gasteiger partial charge is 0.0411 e. The van der Waals surface area contributed by atoms with Gasteiger partial charge in [-0.2, -0.15) is 0 Å². The number of alkyl halides is 1. The predicted molar refractivity (Wildman–Crippen MR) is 34.9 cm³/mol. The van der Waals surface area contributed by atoms with Crippen molar-refractivity contribution < 1.29 is 0 Å². The van der Waals surface area contributed by atoms with E-state index in [4.69, 9.17) is 5.53 Å². The Bertz CT molecular complexity index is 134. The minimum atomic E-state index is 0.194. The molecule has 8 heavy (non-hydrogen) atoms. The molecule has 0 bridgehead atoms. The van der Waals surface area contributed by atoms with E-state index in [2.05, 4.69) is 26.0 Å². The number of nitrogens with zero attached hydrogens (tertiary/aromatic N) is 3. The zero-order valence-electron chi connectivity index (χ0n) is 4.34. The van der Waals surface area contributed by atoms with Crippen LogP contribution in [-0.4, -0.2) is 10.9 Å². The van der Waals surface area contributed by atoms with E-state index in [-0.39, 0.29) is 4.32 Å². The zero-order valence-corrected chi connectivity index (χ0v) is 5.93. The molecule has 1 saturated carbocycles. The summed E-state index contributed by atoms with van der Waals surface area (Å²) in [6.07, 6.45) is 2.29. The van der Waals surface area contributed by atoms with Gasteiger partial charge in [0.1, 0.15) is 0 Å². The molecule has 1 aliphatic carbocycles. The molecule has 0 aromatic rings. The van der Waals surface area contributed by atoms with Gasteiger partial charge in [0.25, 0.3) is 0 Å². The van der Waals surface area contributed by atoms with Crippen molar-refractivity contribution in [3.63, 3.8) is 0 Å². The minimum Gasteiger partial charge on any atom is -0.0925 e. The van der Waals surface area contributed by atoms with Crippen LogP contribution in [0.2, 0.25) is 0 Å². The second kappa shape index (κ2) is 1.96. The fraction of sp³-hybridized carbons (Fsp3) is 1.00. The van der Waals surface area contributed by atoms with Gasteiger partial charge in [0.15, 0.2) is 0 Å². The lowest BCUT2D eigenvalue weighted by atomic mass is 10.4. The van der Waals surface area contributed by atoms with Crippen molar-refractivity contribution in [2.45, 2.75) is 17.2 Å². The second-order valence-corrected chi connectivity index (χ2v) is 3.72. The molecule has 44 valence electrons. The first-order valence-electron chi connectivity index (χ1n) is 2.47. The molecule has 0 atom stereocenters. The highest BCUT2D eigenvalue weighted by Gasteiger charge is 2.38. The summed E-state index contributed by atoms with van der Waals surface area (Å²) in [6, 6.07) is 0. The summed E-state index contributed by atoms with van der Waals surface area (Å²) in [5.41, 5.74) is 7.89. The van der Waals surface area contributed by atoms with Crippen LogP contribution in [0.4, 0.5) is 0 Å². The van der Waals surface area contributed by atoms with Crippen molar-refractivity contribution in [2.24, 2.45) is 5.11 Å². The fourth-order valence-electron chi connectivity index (χ4n) is 0.452. The Kier molecular flexibility index (Phi) is 1.45. The maximum Gasteiger partial charge on any atom is 0.0411 e. The molecule has 0 aliphatic heterocycles. The highest BCUT2D eigenvalue weighted by Crippen LogP contribution is 2.44. The van der Waals surface area contributed by atoms with Crippen molar-refractivity contribution >= 4 is 15.9 Å². The Balaban J connectivity index is 2.29. The van der Waals surface area contributed by atoms with Gasteiger partial charge in [-0.1, -0.05) is 21.0 Å². The van der Waals surface area contributed by atoms with E-state index in [0.29, 0.717) is 6.54 Å². The molecule has 1 aliphatic rings. The Morgan fingerprint density at radius 3 is 2.75 bits per heavy atom. The van der Waals surface area contributed by atoms with Crippen LogP contribution in [0.1, 0.15) is 12.8 Å². The zero-order chi connectivity index (χ0) is 6.04. The van der Waals surface area contributed by atoms with Crippen LogP contribution in [-0.2, 0) is 0 Å². The van der Waals surface area contributed by atoms with Crippen LogP contribution < -0.4 is 0 Å². The van der Waals surface area contributed by atoms with Gasteiger partial charge in [-0.3, -0.25) is 0 Å². The standard InChI is InChI=1S/C4H6BrN3/c5-4(1-2-4)3-7-8-6/h1-3H2. The third-order valence-corrected chi connectivity index (χ3v) is 2.25. The number of hydrogen-bond donors (Lipinski definition) is 0. The third kappa shape index (κ3) is 1.39. The molecule has 0 aromatic heterocycles. The van der Waals surface area contributed by atoms with Crippen molar-refractivity contribution in [3.8, 4) is 0 Å². The number of rotatable bonds is 2. The molecule has 1 fully saturated rings. The molecule has 0 heterocycles. The lowest BCUT2D eigenvalue weighted by molar-refractivity contribution is 0.908. The number of hydrogen-bond acceptors (Lipinski definition) is 1. The molecular weight excluding hydrogens is 170 g/mol. The monoisotopic (exact) mass is 175 g/mol. The van der Waals surface area contributed by atoms with Gasteiger partial charge in [-0.05, 0) is 18.4 Å². The molecular formula is C4H6BrN3. The number of halogens is 1. The molecule has 1 rings (SSSR count). The summed E-state index contributed by atoms with van der Waals surface area (Å²) in [4.78, 5) is 2.66. The van der Waals surface area contributed by atoms with Crippen LogP contribution in [0.15, 0.2) is 5.11 Å². The van der Waals surface area contributed by atoms with Gasteiger partial charge in [-0.25, -0.2) is 0 Å². The van der Waals surface area contributed by atoms with E-state index >= 15 is 0 Å². The van der Waals surface area contributed by atoms with Crippen molar-refractivity contribution in [3.05, 3.63) is 10.4 Å². The van der Waals surface area contributed by atoms with Gasteiger partial charge in [0.05, 0.1) is 0 Å². The van der Waals surface area contributed by atoms with Gasteiger partial charge in [0, 0.05) is 15.8 Å². The SMILES string of the molecule is [N-]=[N+]=NCC1(Br)CC1. The average Bonchev–Trinajstić information content (AvgIpc) is 2.45. The van der Waals surface area contributed by atoms with E-state index in [9.17, 15) is 0 Å². The first-order valence-corrected chi connectivity index (χ1v) is 3.26. The quantitative estimate of drug-likeness (QED) is 0.268. The topological polar surface area (TPSA) is 48.8 Å². The first kappa shape index (κ1) is 5.92. The molecule has 0 N–H and O–H groups in total. The summed E-state index contributed by atoms with van der Waals surface area (Å²) in [6.45, 7) is 0.601. The van der Waals surface area contributed by atoms with Crippen LogP contribution in [0.25, 0.3) is 10.4 Å². The van der Waals surface area contributed by atoms with Crippen LogP contribution in [0.5, 0.6) is 0 Å². The summed E-state index contributed by atoms with van der Waals surface area (Å²) < 4.78 is 0.194. The van der Waals surface area contributed by atoms with E-state index in [1.54, 1.807) is 0 Å². The van der Waals surface area contributed by atoms with Gasteiger partial charge in [-0.15, -0.1) is 0 Å². The summed E-state index contributed by atoms with van der Waals surface area (Å²) in [7, 11) is 0. The highest BCUT2D eigenvalue weighted by molar-refractivity contribution is 9.10. The summed E-state index contributed by atoms with van der Waals surface area (Å²) >= 11 is 3.43. The Morgan fingerprint density at radius 1 is 1.75 bits per heavy atom. The molecule has 3 nitrogen and oxygen atoms in total. The Hall–Kier alpha value is -0.210. The highest BCUT2D eigenvalue weighted by atomic mass is 79.9. The number of azide groups is 1. The van der Waals surface area contributed by atoms with E-state index in [0.717, 1.165) is 12.8 Å². The maximum absolute atomic E-state index is 7.89. The Labute approximate surface area is 55.8 Å². The molecule has 0 amide bonds. The lowest BCUT2D eigenvalue weighted by Gasteiger charge is -1.94. The maximum atomic E-state index is 7.89. The van der Waals surface area contributed by atoms with Crippen LogP contribution in [0.3, 0.4) is 0 Å². The van der Waals surface area contributed by atoms with Gasteiger partial charge < -0.3 is 0 Å². The van der Waals surface area contributed by atoms with Crippen molar-refractivity contribution in [1.82, 2.24) is 0 Å². The molecule has 0 saturated heterocycles.